The summed E-state index contributed by atoms with van der Waals surface area (Å²) in [6, 6.07) is 6.10. The molecule has 2 rings (SSSR count). The predicted molar refractivity (Wildman–Crippen MR) is 80.0 cm³/mol. The van der Waals surface area contributed by atoms with E-state index >= 15 is 0 Å². The van der Waals surface area contributed by atoms with E-state index < -0.39 is 0 Å². The number of hydrogen-bond acceptors (Lipinski definition) is 3. The maximum Gasteiger partial charge on any atom is 0.278 e. The maximum absolute atomic E-state index is 12.6. The molecule has 0 saturated carbocycles. The molecule has 0 radical (unpaired) electrons. The molecule has 0 bridgehead atoms. The third-order valence-corrected chi connectivity index (χ3v) is 3.22. The molecular formula is C16H19N3O. The number of hydrogen-bond donors (Lipinski definition) is 0. The van der Waals surface area contributed by atoms with Crippen molar-refractivity contribution < 1.29 is 4.79 Å². The molecule has 0 aliphatic rings. The molecule has 1 heterocycles. The van der Waals surface area contributed by atoms with Crippen molar-refractivity contribution >= 4 is 11.6 Å². The summed E-state index contributed by atoms with van der Waals surface area (Å²) in [5.74, 6) is -0.117. The van der Waals surface area contributed by atoms with Gasteiger partial charge in [-0.3, -0.25) is 9.78 Å². The molecule has 2 aromatic rings. The smallest absolute Gasteiger partial charge is 0.278 e. The highest BCUT2D eigenvalue weighted by Crippen LogP contribution is 2.22. The summed E-state index contributed by atoms with van der Waals surface area (Å²) < 4.78 is 0. The van der Waals surface area contributed by atoms with Crippen LogP contribution < -0.4 is 4.90 Å². The molecule has 0 spiro atoms. The summed E-state index contributed by atoms with van der Waals surface area (Å²) in [6.07, 6.45) is 3.15. The zero-order chi connectivity index (χ0) is 14.7. The van der Waals surface area contributed by atoms with Crippen molar-refractivity contribution in [2.45, 2.75) is 27.7 Å². The van der Waals surface area contributed by atoms with Crippen molar-refractivity contribution in [2.24, 2.45) is 0 Å². The molecule has 4 heteroatoms. The Bertz CT molecular complexity index is 620. The number of amides is 1. The van der Waals surface area contributed by atoms with E-state index in [1.807, 2.05) is 45.9 Å². The highest BCUT2D eigenvalue weighted by atomic mass is 16.2. The van der Waals surface area contributed by atoms with Gasteiger partial charge in [-0.2, -0.15) is 0 Å². The first-order valence-electron chi connectivity index (χ1n) is 6.70. The third kappa shape index (κ3) is 2.85. The lowest BCUT2D eigenvalue weighted by molar-refractivity contribution is 0.0983. The van der Waals surface area contributed by atoms with Crippen LogP contribution in [0, 0.1) is 20.8 Å². The average Bonchev–Trinajstić information content (AvgIpc) is 2.44. The Balaban J connectivity index is 2.39. The summed E-state index contributed by atoms with van der Waals surface area (Å²) in [4.78, 5) is 22.6. The van der Waals surface area contributed by atoms with Crippen molar-refractivity contribution in [3.8, 4) is 0 Å². The van der Waals surface area contributed by atoms with Crippen LogP contribution in [0.25, 0.3) is 0 Å². The molecule has 0 fully saturated rings. The van der Waals surface area contributed by atoms with Crippen LogP contribution in [0.2, 0.25) is 0 Å². The van der Waals surface area contributed by atoms with Gasteiger partial charge in [-0.05, 0) is 44.9 Å². The summed E-state index contributed by atoms with van der Waals surface area (Å²) in [6.45, 7) is 8.43. The van der Waals surface area contributed by atoms with Crippen LogP contribution in [-0.2, 0) is 0 Å². The summed E-state index contributed by atoms with van der Waals surface area (Å²) >= 11 is 0. The van der Waals surface area contributed by atoms with Gasteiger partial charge in [0.15, 0.2) is 0 Å². The molecule has 1 aromatic carbocycles. The van der Waals surface area contributed by atoms with Crippen LogP contribution in [0.15, 0.2) is 30.6 Å². The van der Waals surface area contributed by atoms with E-state index in [1.54, 1.807) is 11.1 Å². The van der Waals surface area contributed by atoms with Crippen LogP contribution >= 0.6 is 0 Å². The standard InChI is InChI=1S/C16H19N3O/c1-5-19(15-8-11(2)6-7-12(15)3)16(20)14-10-17-13(4)9-18-14/h6-10H,5H2,1-4H3. The molecule has 0 atom stereocenters. The Kier molecular flexibility index (Phi) is 4.13. The minimum atomic E-state index is -0.117. The molecule has 104 valence electrons. The second kappa shape index (κ2) is 5.82. The first-order chi connectivity index (χ1) is 9.52. The van der Waals surface area contributed by atoms with Crippen molar-refractivity contribution in [2.75, 3.05) is 11.4 Å². The Hall–Kier alpha value is -2.23. The van der Waals surface area contributed by atoms with E-state index in [9.17, 15) is 4.79 Å². The van der Waals surface area contributed by atoms with Gasteiger partial charge in [0, 0.05) is 18.4 Å². The second-order valence-electron chi connectivity index (χ2n) is 4.88. The average molecular weight is 269 g/mol. The predicted octanol–water partition coefficient (Wildman–Crippen LogP) is 3.07. The number of nitrogens with zero attached hydrogens (tertiary/aromatic N) is 3. The van der Waals surface area contributed by atoms with Gasteiger partial charge in [-0.25, -0.2) is 4.98 Å². The van der Waals surface area contributed by atoms with Gasteiger partial charge in [0.1, 0.15) is 5.69 Å². The van der Waals surface area contributed by atoms with E-state index in [0.29, 0.717) is 12.2 Å². The second-order valence-corrected chi connectivity index (χ2v) is 4.88. The van der Waals surface area contributed by atoms with E-state index in [2.05, 4.69) is 9.97 Å². The highest BCUT2D eigenvalue weighted by Gasteiger charge is 2.19. The first-order valence-corrected chi connectivity index (χ1v) is 6.70. The molecule has 0 N–H and O–H groups in total. The largest absolute Gasteiger partial charge is 0.307 e. The van der Waals surface area contributed by atoms with Gasteiger partial charge in [0.05, 0.1) is 11.9 Å². The Morgan fingerprint density at radius 3 is 2.50 bits per heavy atom. The molecule has 0 aliphatic heterocycles. The van der Waals surface area contributed by atoms with Gasteiger partial charge in [-0.15, -0.1) is 0 Å². The monoisotopic (exact) mass is 269 g/mol. The van der Waals surface area contributed by atoms with Crippen molar-refractivity contribution in [3.05, 3.63) is 53.1 Å². The highest BCUT2D eigenvalue weighted by molar-refractivity contribution is 6.05. The van der Waals surface area contributed by atoms with E-state index in [4.69, 9.17) is 0 Å². The van der Waals surface area contributed by atoms with Crippen LogP contribution in [0.1, 0.15) is 34.2 Å². The number of carbonyl (C=O) groups is 1. The number of benzene rings is 1. The minimum Gasteiger partial charge on any atom is -0.307 e. The molecule has 20 heavy (non-hydrogen) atoms. The van der Waals surface area contributed by atoms with E-state index in [1.165, 1.54) is 6.20 Å². The van der Waals surface area contributed by atoms with Crippen LogP contribution in [0.3, 0.4) is 0 Å². The van der Waals surface area contributed by atoms with Gasteiger partial charge >= 0.3 is 0 Å². The zero-order valence-electron chi connectivity index (χ0n) is 12.3. The van der Waals surface area contributed by atoms with E-state index in [0.717, 1.165) is 22.5 Å². The van der Waals surface area contributed by atoms with Crippen LogP contribution in [0.4, 0.5) is 5.69 Å². The quantitative estimate of drug-likeness (QED) is 0.860. The zero-order valence-corrected chi connectivity index (χ0v) is 12.3. The van der Waals surface area contributed by atoms with Crippen molar-refractivity contribution in [1.29, 1.82) is 0 Å². The number of aromatic nitrogens is 2. The van der Waals surface area contributed by atoms with E-state index in [-0.39, 0.29) is 5.91 Å². The van der Waals surface area contributed by atoms with Crippen molar-refractivity contribution in [3.63, 3.8) is 0 Å². The molecule has 4 nitrogen and oxygen atoms in total. The van der Waals surface area contributed by atoms with Crippen LogP contribution in [0.5, 0.6) is 0 Å². The fourth-order valence-corrected chi connectivity index (χ4v) is 2.07. The molecule has 0 aliphatic carbocycles. The molecular weight excluding hydrogens is 250 g/mol. The Labute approximate surface area is 119 Å². The third-order valence-electron chi connectivity index (χ3n) is 3.22. The lowest BCUT2D eigenvalue weighted by Gasteiger charge is -2.23. The lowest BCUT2D eigenvalue weighted by atomic mass is 10.1. The Morgan fingerprint density at radius 1 is 1.15 bits per heavy atom. The number of aryl methyl sites for hydroxylation is 3. The van der Waals surface area contributed by atoms with Gasteiger partial charge < -0.3 is 4.90 Å². The van der Waals surface area contributed by atoms with Crippen LogP contribution in [-0.4, -0.2) is 22.4 Å². The topological polar surface area (TPSA) is 46.1 Å². The summed E-state index contributed by atoms with van der Waals surface area (Å²) in [5, 5.41) is 0. The summed E-state index contributed by atoms with van der Waals surface area (Å²) in [5.41, 5.74) is 4.31. The first kappa shape index (κ1) is 14.2. The molecule has 0 saturated heterocycles. The fraction of sp³-hybridized carbons (Fsp3) is 0.312. The normalized spacial score (nSPS) is 10.4. The lowest BCUT2D eigenvalue weighted by Crippen LogP contribution is -2.32. The van der Waals surface area contributed by atoms with Crippen molar-refractivity contribution in [1.82, 2.24) is 9.97 Å². The van der Waals surface area contributed by atoms with Gasteiger partial charge in [0.2, 0.25) is 0 Å². The maximum atomic E-state index is 12.6. The number of anilines is 1. The Morgan fingerprint density at radius 2 is 1.90 bits per heavy atom. The van der Waals surface area contributed by atoms with Gasteiger partial charge in [-0.1, -0.05) is 12.1 Å². The number of rotatable bonds is 3. The van der Waals surface area contributed by atoms with Gasteiger partial charge in [0.25, 0.3) is 5.91 Å². The summed E-state index contributed by atoms with van der Waals surface area (Å²) in [7, 11) is 0. The fourth-order valence-electron chi connectivity index (χ4n) is 2.07. The minimum absolute atomic E-state index is 0.117. The number of carbonyl (C=O) groups excluding carboxylic acids is 1. The molecule has 1 aromatic heterocycles. The molecule has 1 amide bonds. The molecule has 0 unspecified atom stereocenters. The SMILES string of the molecule is CCN(C(=O)c1cnc(C)cn1)c1cc(C)ccc1C.